The van der Waals surface area contributed by atoms with Crippen LogP contribution in [0.4, 0.5) is 0 Å². The first-order chi connectivity index (χ1) is 14.7. The number of nitrogens with one attached hydrogen (secondary N) is 3. The molecule has 1 fully saturated rings. The molecule has 0 aliphatic heterocycles. The number of H-pyrrole nitrogens is 1. The second-order valence-corrected chi connectivity index (χ2v) is 7.85. The highest BCUT2D eigenvalue weighted by molar-refractivity contribution is 14.0. The summed E-state index contributed by atoms with van der Waals surface area (Å²) >= 11 is 0. The number of rotatable bonds is 8. The number of amides is 1. The minimum absolute atomic E-state index is 0. The van der Waals surface area contributed by atoms with Crippen molar-refractivity contribution in [2.75, 3.05) is 20.1 Å². The Hall–Kier alpha value is -2.10. The van der Waals surface area contributed by atoms with Crippen LogP contribution in [0.2, 0.25) is 0 Å². The molecule has 0 radical (unpaired) electrons. The molecule has 1 heterocycles. The van der Waals surface area contributed by atoms with E-state index in [1.54, 1.807) is 0 Å². The van der Waals surface area contributed by atoms with Gasteiger partial charge in [-0.15, -0.1) is 24.0 Å². The van der Waals surface area contributed by atoms with Crippen molar-refractivity contribution < 1.29 is 4.79 Å². The molecule has 3 N–H and O–H groups in total. The van der Waals surface area contributed by atoms with E-state index in [1.807, 2.05) is 43.3 Å². The normalized spacial score (nSPS) is 14.6. The molecule has 1 aliphatic carbocycles. The third-order valence-corrected chi connectivity index (χ3v) is 5.37. The maximum absolute atomic E-state index is 12.2. The highest BCUT2D eigenvalue weighted by Gasteiger charge is 2.15. The number of imidazole rings is 1. The molecule has 170 valence electrons. The zero-order valence-corrected chi connectivity index (χ0v) is 20.9. The summed E-state index contributed by atoms with van der Waals surface area (Å²) in [4.78, 5) is 26.8. The Kier molecular flexibility index (Phi) is 10.8. The van der Waals surface area contributed by atoms with Crippen molar-refractivity contribution in [3.63, 3.8) is 0 Å². The Balaban J connectivity index is 0.00000341. The maximum Gasteiger partial charge on any atom is 0.222 e. The number of aliphatic imine (C=N–C) groups is 1. The highest BCUT2D eigenvalue weighted by atomic mass is 127. The molecule has 0 bridgehead atoms. The van der Waals surface area contributed by atoms with Crippen LogP contribution in [0.1, 0.15) is 51.3 Å². The van der Waals surface area contributed by atoms with Crippen LogP contribution in [0.15, 0.2) is 41.5 Å². The van der Waals surface area contributed by atoms with Crippen molar-refractivity contribution in [2.45, 2.75) is 58.0 Å². The first-order valence-electron chi connectivity index (χ1n) is 11.0. The molecule has 1 aliphatic rings. The van der Waals surface area contributed by atoms with Crippen LogP contribution in [0, 0.1) is 0 Å². The SMILES string of the molecule is CCNC(=NCCC(=O)NC1CCCCC1)N(C)Cc1ncc(-c2ccccc2)[nH]1.I. The topological polar surface area (TPSA) is 85.4 Å². The Labute approximate surface area is 202 Å². The first kappa shape index (κ1) is 25.2. The van der Waals surface area contributed by atoms with E-state index in [1.165, 1.54) is 19.3 Å². The molecule has 8 heteroatoms. The molecule has 1 aromatic heterocycles. The number of nitrogens with zero attached hydrogens (tertiary/aromatic N) is 3. The van der Waals surface area contributed by atoms with Gasteiger partial charge in [0.05, 0.1) is 25.0 Å². The third kappa shape index (κ3) is 8.16. The lowest BCUT2D eigenvalue weighted by atomic mass is 9.95. The number of carbonyl (C=O) groups excluding carboxylic acids is 1. The van der Waals surface area contributed by atoms with Crippen molar-refractivity contribution >= 4 is 35.8 Å². The van der Waals surface area contributed by atoms with Gasteiger partial charge in [0.1, 0.15) is 5.82 Å². The average Bonchev–Trinajstić information content (AvgIpc) is 3.23. The number of hydrogen-bond acceptors (Lipinski definition) is 3. The molecule has 0 atom stereocenters. The standard InChI is InChI=1S/C23H34N6O.HI/c1-3-24-23(25-15-14-22(30)27-19-12-8-5-9-13-19)29(2)17-21-26-16-20(28-21)18-10-6-4-7-11-18;/h4,6-7,10-11,16,19H,3,5,8-9,12-15,17H2,1-2H3,(H,24,25)(H,26,28)(H,27,30);1H. The van der Waals surface area contributed by atoms with Crippen molar-refractivity contribution in [1.82, 2.24) is 25.5 Å². The Morgan fingerprint density at radius 3 is 2.68 bits per heavy atom. The van der Waals surface area contributed by atoms with Crippen molar-refractivity contribution in [1.29, 1.82) is 0 Å². The largest absolute Gasteiger partial charge is 0.357 e. The van der Waals surface area contributed by atoms with Crippen LogP contribution in [0.5, 0.6) is 0 Å². The van der Waals surface area contributed by atoms with Crippen molar-refractivity contribution in [3.05, 3.63) is 42.4 Å². The second-order valence-electron chi connectivity index (χ2n) is 7.85. The molecule has 31 heavy (non-hydrogen) atoms. The predicted molar refractivity (Wildman–Crippen MR) is 137 cm³/mol. The van der Waals surface area contributed by atoms with Gasteiger partial charge in [0.2, 0.25) is 5.91 Å². The minimum Gasteiger partial charge on any atom is -0.357 e. The summed E-state index contributed by atoms with van der Waals surface area (Å²) in [6, 6.07) is 10.5. The van der Waals surface area contributed by atoms with E-state index in [9.17, 15) is 4.79 Å². The monoisotopic (exact) mass is 538 g/mol. The summed E-state index contributed by atoms with van der Waals surface area (Å²) < 4.78 is 0. The lowest BCUT2D eigenvalue weighted by molar-refractivity contribution is -0.121. The summed E-state index contributed by atoms with van der Waals surface area (Å²) in [5.74, 6) is 1.75. The lowest BCUT2D eigenvalue weighted by Gasteiger charge is -2.23. The van der Waals surface area contributed by atoms with E-state index < -0.39 is 0 Å². The fraction of sp³-hybridized carbons (Fsp3) is 0.522. The predicted octanol–water partition coefficient (Wildman–Crippen LogP) is 3.93. The molecular formula is C23H35IN6O. The molecule has 0 unspecified atom stereocenters. The average molecular weight is 538 g/mol. The molecule has 7 nitrogen and oxygen atoms in total. The van der Waals surface area contributed by atoms with Crippen LogP contribution >= 0.6 is 24.0 Å². The van der Waals surface area contributed by atoms with Crippen LogP contribution in [-0.4, -0.2) is 52.9 Å². The van der Waals surface area contributed by atoms with Gasteiger partial charge in [0.15, 0.2) is 5.96 Å². The van der Waals surface area contributed by atoms with Crippen LogP contribution in [0.3, 0.4) is 0 Å². The molecule has 2 aromatic rings. The van der Waals surface area contributed by atoms with Gasteiger partial charge in [0, 0.05) is 26.1 Å². The van der Waals surface area contributed by atoms with E-state index in [0.717, 1.165) is 42.4 Å². The van der Waals surface area contributed by atoms with Gasteiger partial charge in [-0.1, -0.05) is 49.6 Å². The molecule has 0 saturated heterocycles. The minimum atomic E-state index is 0. The van der Waals surface area contributed by atoms with Gasteiger partial charge in [0.25, 0.3) is 0 Å². The summed E-state index contributed by atoms with van der Waals surface area (Å²) in [6.45, 7) is 3.88. The number of halogens is 1. The van der Waals surface area contributed by atoms with Crippen molar-refractivity contribution in [3.8, 4) is 11.3 Å². The summed E-state index contributed by atoms with van der Waals surface area (Å²) in [6.07, 6.45) is 8.21. The number of benzene rings is 1. The zero-order valence-electron chi connectivity index (χ0n) is 18.6. The highest BCUT2D eigenvalue weighted by Crippen LogP contribution is 2.18. The van der Waals surface area contributed by atoms with E-state index in [0.29, 0.717) is 25.6 Å². The second kappa shape index (κ2) is 13.3. The zero-order chi connectivity index (χ0) is 21.2. The third-order valence-electron chi connectivity index (χ3n) is 5.37. The summed E-state index contributed by atoms with van der Waals surface area (Å²) in [7, 11) is 1.98. The summed E-state index contributed by atoms with van der Waals surface area (Å²) in [5.41, 5.74) is 2.11. The number of carbonyl (C=O) groups is 1. The number of hydrogen-bond donors (Lipinski definition) is 3. The van der Waals surface area contributed by atoms with Crippen LogP contribution in [0.25, 0.3) is 11.3 Å². The maximum atomic E-state index is 12.2. The Morgan fingerprint density at radius 2 is 1.97 bits per heavy atom. The van der Waals surface area contributed by atoms with Gasteiger partial charge in [-0.05, 0) is 25.3 Å². The lowest BCUT2D eigenvalue weighted by Crippen LogP contribution is -2.39. The van der Waals surface area contributed by atoms with Gasteiger partial charge >= 0.3 is 0 Å². The van der Waals surface area contributed by atoms with E-state index in [4.69, 9.17) is 0 Å². The van der Waals surface area contributed by atoms with E-state index in [-0.39, 0.29) is 29.9 Å². The van der Waals surface area contributed by atoms with Gasteiger partial charge in [-0.3, -0.25) is 9.79 Å². The van der Waals surface area contributed by atoms with Gasteiger partial charge in [-0.2, -0.15) is 0 Å². The Morgan fingerprint density at radius 1 is 1.23 bits per heavy atom. The molecule has 1 saturated carbocycles. The van der Waals surface area contributed by atoms with Gasteiger partial charge < -0.3 is 20.5 Å². The molecule has 3 rings (SSSR count). The molecule has 0 spiro atoms. The smallest absolute Gasteiger partial charge is 0.222 e. The fourth-order valence-electron chi connectivity index (χ4n) is 3.79. The van der Waals surface area contributed by atoms with Crippen LogP contribution < -0.4 is 10.6 Å². The molecule has 1 aromatic carbocycles. The van der Waals surface area contributed by atoms with E-state index >= 15 is 0 Å². The molecular weight excluding hydrogens is 503 g/mol. The number of aromatic nitrogens is 2. The Bertz CT molecular complexity index is 816. The quantitative estimate of drug-likeness (QED) is 0.270. The van der Waals surface area contributed by atoms with E-state index in [2.05, 4.69) is 37.7 Å². The fourth-order valence-corrected chi connectivity index (χ4v) is 3.79. The first-order valence-corrected chi connectivity index (χ1v) is 11.0. The molecule has 1 amide bonds. The van der Waals surface area contributed by atoms with Crippen LogP contribution in [-0.2, 0) is 11.3 Å². The number of aromatic amines is 1. The van der Waals surface area contributed by atoms with Crippen molar-refractivity contribution in [2.24, 2.45) is 4.99 Å². The summed E-state index contributed by atoms with van der Waals surface area (Å²) in [5, 5.41) is 6.45. The number of guanidine groups is 1. The van der Waals surface area contributed by atoms with Gasteiger partial charge in [-0.25, -0.2) is 4.98 Å².